The first kappa shape index (κ1) is 18.0. The molecule has 0 radical (unpaired) electrons. The Hall–Kier alpha value is -2.80. The molecule has 1 aliphatic heterocycles. The lowest BCUT2D eigenvalue weighted by Crippen LogP contribution is -2.45. The van der Waals surface area contributed by atoms with Crippen molar-refractivity contribution in [3.63, 3.8) is 0 Å². The highest BCUT2D eigenvalue weighted by Crippen LogP contribution is 2.27. The molecule has 1 atom stereocenters. The van der Waals surface area contributed by atoms with Crippen LogP contribution < -0.4 is 15.8 Å². The molecule has 6 nitrogen and oxygen atoms in total. The van der Waals surface area contributed by atoms with E-state index in [1.165, 1.54) is 0 Å². The van der Waals surface area contributed by atoms with Gasteiger partial charge in [-0.3, -0.25) is 25.2 Å². The number of amides is 3. The number of hydrazine groups is 1. The van der Waals surface area contributed by atoms with E-state index in [2.05, 4.69) is 10.9 Å². The molecule has 0 bridgehead atoms. The number of anilines is 1. The van der Waals surface area contributed by atoms with Crippen molar-refractivity contribution in [2.75, 3.05) is 17.7 Å². The fourth-order valence-electron chi connectivity index (χ4n) is 2.78. The molecule has 0 aromatic heterocycles. The Morgan fingerprint density at radius 2 is 1.73 bits per heavy atom. The summed E-state index contributed by atoms with van der Waals surface area (Å²) in [5.74, 6) is -1.37. The fourth-order valence-corrected chi connectivity index (χ4v) is 3.19. The molecule has 134 valence electrons. The van der Waals surface area contributed by atoms with E-state index in [-0.39, 0.29) is 18.2 Å². The summed E-state index contributed by atoms with van der Waals surface area (Å²) in [5, 5.41) is 0. The van der Waals surface area contributed by atoms with Crippen molar-refractivity contribution < 1.29 is 14.4 Å². The second kappa shape index (κ2) is 8.05. The first-order chi connectivity index (χ1) is 12.6. The number of nitrogens with one attached hydrogen (secondary N) is 2. The second-order valence-corrected chi connectivity index (χ2v) is 6.79. The van der Waals surface area contributed by atoms with E-state index in [4.69, 9.17) is 0 Å². The normalized spacial score (nSPS) is 16.4. The Labute approximate surface area is 155 Å². The molecule has 3 amide bonds. The maximum atomic E-state index is 12.3. The van der Waals surface area contributed by atoms with E-state index >= 15 is 0 Å². The van der Waals surface area contributed by atoms with E-state index in [0.29, 0.717) is 12.1 Å². The summed E-state index contributed by atoms with van der Waals surface area (Å²) in [7, 11) is 0. The summed E-state index contributed by atoms with van der Waals surface area (Å²) in [6, 6.07) is 16.2. The Kier molecular flexibility index (Phi) is 5.58. The van der Waals surface area contributed by atoms with Gasteiger partial charge in [0.25, 0.3) is 5.91 Å². The van der Waals surface area contributed by atoms with Crippen molar-refractivity contribution in [2.45, 2.75) is 11.3 Å². The highest BCUT2D eigenvalue weighted by atomic mass is 32.2. The predicted molar refractivity (Wildman–Crippen MR) is 101 cm³/mol. The molecule has 1 aliphatic rings. The smallest absolute Gasteiger partial charge is 0.269 e. The number of rotatable bonds is 4. The third-order valence-corrected chi connectivity index (χ3v) is 4.96. The Morgan fingerprint density at radius 3 is 2.38 bits per heavy atom. The third-order valence-electron chi connectivity index (χ3n) is 4.22. The average molecular weight is 369 g/mol. The zero-order valence-corrected chi connectivity index (χ0v) is 15.1. The van der Waals surface area contributed by atoms with Gasteiger partial charge in [0.1, 0.15) is 0 Å². The second-order valence-electron chi connectivity index (χ2n) is 5.91. The standard InChI is InChI=1S/C19H19N3O3S/c1-26-16-9-7-15(8-10-16)22-12-14(11-17(22)23)19(25)21-20-18(24)13-5-3-2-4-6-13/h2-10,14H,11-12H2,1H3,(H,20,24)(H,21,25). The van der Waals surface area contributed by atoms with Crippen LogP contribution in [-0.2, 0) is 9.59 Å². The van der Waals surface area contributed by atoms with Gasteiger partial charge in [-0.1, -0.05) is 18.2 Å². The molecule has 1 saturated heterocycles. The van der Waals surface area contributed by atoms with Gasteiger partial charge >= 0.3 is 0 Å². The van der Waals surface area contributed by atoms with Gasteiger partial charge in [-0.15, -0.1) is 11.8 Å². The zero-order chi connectivity index (χ0) is 18.5. The summed E-state index contributed by atoms with van der Waals surface area (Å²) < 4.78 is 0. The van der Waals surface area contributed by atoms with Crippen LogP contribution in [0, 0.1) is 5.92 Å². The lowest BCUT2D eigenvalue weighted by Gasteiger charge is -2.17. The molecule has 0 spiro atoms. The quantitative estimate of drug-likeness (QED) is 0.640. The maximum Gasteiger partial charge on any atom is 0.269 e. The van der Waals surface area contributed by atoms with Crippen molar-refractivity contribution in [2.24, 2.45) is 5.92 Å². The molecule has 0 saturated carbocycles. The average Bonchev–Trinajstić information content (AvgIpc) is 3.08. The van der Waals surface area contributed by atoms with Gasteiger partial charge < -0.3 is 4.90 Å². The van der Waals surface area contributed by atoms with Crippen molar-refractivity contribution in [3.8, 4) is 0 Å². The fraction of sp³-hybridized carbons (Fsp3) is 0.211. The Morgan fingerprint density at radius 1 is 1.04 bits per heavy atom. The van der Waals surface area contributed by atoms with Crippen LogP contribution in [0.4, 0.5) is 5.69 Å². The number of hydrogen-bond donors (Lipinski definition) is 2. The number of carbonyl (C=O) groups excluding carboxylic acids is 3. The third kappa shape index (κ3) is 4.05. The van der Waals surface area contributed by atoms with Gasteiger partial charge in [0.2, 0.25) is 11.8 Å². The van der Waals surface area contributed by atoms with Crippen molar-refractivity contribution in [3.05, 3.63) is 60.2 Å². The van der Waals surface area contributed by atoms with E-state index in [1.54, 1.807) is 47.0 Å². The highest BCUT2D eigenvalue weighted by Gasteiger charge is 2.35. The van der Waals surface area contributed by atoms with Gasteiger partial charge in [0.15, 0.2) is 0 Å². The van der Waals surface area contributed by atoms with Crippen molar-refractivity contribution in [1.82, 2.24) is 10.9 Å². The minimum Gasteiger partial charge on any atom is -0.312 e. The molecule has 2 N–H and O–H groups in total. The lowest BCUT2D eigenvalue weighted by atomic mass is 10.1. The van der Waals surface area contributed by atoms with E-state index in [9.17, 15) is 14.4 Å². The minimum absolute atomic E-state index is 0.101. The summed E-state index contributed by atoms with van der Waals surface area (Å²) >= 11 is 1.63. The monoisotopic (exact) mass is 369 g/mol. The topological polar surface area (TPSA) is 78.5 Å². The van der Waals surface area contributed by atoms with Crippen LogP contribution >= 0.6 is 11.8 Å². The Balaban J connectivity index is 1.57. The van der Waals surface area contributed by atoms with Gasteiger partial charge in [-0.25, -0.2) is 0 Å². The lowest BCUT2D eigenvalue weighted by molar-refractivity contribution is -0.126. The summed E-state index contributed by atoms with van der Waals surface area (Å²) in [5.41, 5.74) is 6.03. The molecule has 1 fully saturated rings. The van der Waals surface area contributed by atoms with Gasteiger partial charge in [0.05, 0.1) is 5.92 Å². The number of carbonyl (C=O) groups is 3. The first-order valence-corrected chi connectivity index (χ1v) is 9.40. The zero-order valence-electron chi connectivity index (χ0n) is 14.3. The molecule has 3 rings (SSSR count). The van der Waals surface area contributed by atoms with Crippen molar-refractivity contribution in [1.29, 1.82) is 0 Å². The molecule has 26 heavy (non-hydrogen) atoms. The predicted octanol–water partition coefficient (Wildman–Crippen LogP) is 2.22. The molecule has 2 aromatic carbocycles. The van der Waals surface area contributed by atoms with E-state index in [1.807, 2.05) is 30.5 Å². The van der Waals surface area contributed by atoms with Crippen LogP contribution in [0.15, 0.2) is 59.5 Å². The van der Waals surface area contributed by atoms with Crippen LogP contribution in [-0.4, -0.2) is 30.5 Å². The highest BCUT2D eigenvalue weighted by molar-refractivity contribution is 7.98. The summed E-state index contributed by atoms with van der Waals surface area (Å²) in [6.45, 7) is 0.296. The van der Waals surface area contributed by atoms with Crippen LogP contribution in [0.5, 0.6) is 0 Å². The Bertz CT molecular complexity index is 809. The number of hydrogen-bond acceptors (Lipinski definition) is 4. The number of benzene rings is 2. The number of nitrogens with zero attached hydrogens (tertiary/aromatic N) is 1. The van der Waals surface area contributed by atoms with E-state index in [0.717, 1.165) is 10.6 Å². The maximum absolute atomic E-state index is 12.3. The molecule has 0 aliphatic carbocycles. The largest absolute Gasteiger partial charge is 0.312 e. The van der Waals surface area contributed by atoms with Gasteiger partial charge in [-0.05, 0) is 42.7 Å². The van der Waals surface area contributed by atoms with Crippen LogP contribution in [0.1, 0.15) is 16.8 Å². The molecular weight excluding hydrogens is 350 g/mol. The van der Waals surface area contributed by atoms with Crippen LogP contribution in [0.25, 0.3) is 0 Å². The number of thioether (sulfide) groups is 1. The van der Waals surface area contributed by atoms with Crippen LogP contribution in [0.3, 0.4) is 0 Å². The van der Waals surface area contributed by atoms with Gasteiger partial charge in [-0.2, -0.15) is 0 Å². The van der Waals surface area contributed by atoms with E-state index < -0.39 is 11.8 Å². The SMILES string of the molecule is CSc1ccc(N2CC(C(=O)NNC(=O)c3ccccc3)CC2=O)cc1. The molecular formula is C19H19N3O3S. The summed E-state index contributed by atoms with van der Waals surface area (Å²) in [4.78, 5) is 39.2. The molecule has 7 heteroatoms. The van der Waals surface area contributed by atoms with Gasteiger partial charge in [0, 0.05) is 29.1 Å². The van der Waals surface area contributed by atoms with Crippen molar-refractivity contribution >= 4 is 35.2 Å². The molecule has 1 unspecified atom stereocenters. The van der Waals surface area contributed by atoms with Crippen LogP contribution in [0.2, 0.25) is 0 Å². The minimum atomic E-state index is -0.501. The summed E-state index contributed by atoms with van der Waals surface area (Å²) in [6.07, 6.45) is 2.11. The molecule has 2 aromatic rings. The first-order valence-electron chi connectivity index (χ1n) is 8.18. The molecule has 1 heterocycles.